The molecule has 0 aliphatic heterocycles. The van der Waals surface area contributed by atoms with E-state index < -0.39 is 0 Å². The lowest BCUT2D eigenvalue weighted by atomic mass is 9.60. The van der Waals surface area contributed by atoms with Crippen LogP contribution in [-0.4, -0.2) is 29.2 Å². The molecule has 5 nitrogen and oxygen atoms in total. The Balaban J connectivity index is 1.57. The van der Waals surface area contributed by atoms with Gasteiger partial charge >= 0.3 is 0 Å². The molecule has 0 atom stereocenters. The zero-order chi connectivity index (χ0) is 16.1. The number of aromatic nitrogens is 1. The fourth-order valence-electron chi connectivity index (χ4n) is 3.12. The lowest BCUT2D eigenvalue weighted by Gasteiger charge is -2.46. The van der Waals surface area contributed by atoms with Gasteiger partial charge in [0.05, 0.1) is 13.2 Å². The van der Waals surface area contributed by atoms with Crippen molar-refractivity contribution in [3.8, 4) is 0 Å². The van der Waals surface area contributed by atoms with E-state index in [2.05, 4.69) is 39.6 Å². The Bertz CT molecular complexity index is 651. The van der Waals surface area contributed by atoms with Crippen LogP contribution in [0.3, 0.4) is 0 Å². The number of aliphatic imine (C=N–C) groups is 1. The first-order chi connectivity index (χ1) is 11.2. The van der Waals surface area contributed by atoms with Gasteiger partial charge in [0.25, 0.3) is 0 Å². The Hall–Kier alpha value is -2.40. The molecule has 0 unspecified atom stereocenters. The molecule has 2 aromatic rings. The second-order valence-electron chi connectivity index (χ2n) is 6.22. The van der Waals surface area contributed by atoms with Crippen molar-refractivity contribution in [2.75, 3.05) is 18.5 Å². The molecular weight excluding hydrogens is 288 g/mol. The Labute approximate surface area is 136 Å². The summed E-state index contributed by atoms with van der Waals surface area (Å²) >= 11 is 0. The number of aliphatic hydroxyl groups excluding tert-OH is 1. The fourth-order valence-corrected chi connectivity index (χ4v) is 3.12. The van der Waals surface area contributed by atoms with Crippen molar-refractivity contribution in [3.05, 3.63) is 60.3 Å². The summed E-state index contributed by atoms with van der Waals surface area (Å²) in [5.41, 5.74) is 7.09. The van der Waals surface area contributed by atoms with Gasteiger partial charge in [0.2, 0.25) is 0 Å². The van der Waals surface area contributed by atoms with E-state index in [0.29, 0.717) is 24.2 Å². The lowest BCUT2D eigenvalue weighted by molar-refractivity contribution is 0.0342. The van der Waals surface area contributed by atoms with Crippen LogP contribution in [-0.2, 0) is 0 Å². The smallest absolute Gasteiger partial charge is 0.194 e. The van der Waals surface area contributed by atoms with Gasteiger partial charge in [-0.1, -0.05) is 36.4 Å². The first kappa shape index (κ1) is 15.5. The summed E-state index contributed by atoms with van der Waals surface area (Å²) < 4.78 is 0. The number of guanidine groups is 1. The molecule has 120 valence electrons. The van der Waals surface area contributed by atoms with Crippen LogP contribution in [0.2, 0.25) is 0 Å². The van der Waals surface area contributed by atoms with E-state index in [1.165, 1.54) is 5.56 Å². The largest absolute Gasteiger partial charge is 0.396 e. The minimum Gasteiger partial charge on any atom is -0.396 e. The van der Waals surface area contributed by atoms with Gasteiger partial charge in [0, 0.05) is 11.6 Å². The Kier molecular flexibility index (Phi) is 4.57. The van der Waals surface area contributed by atoms with Crippen LogP contribution in [0.4, 0.5) is 5.82 Å². The molecule has 0 saturated heterocycles. The average molecular weight is 310 g/mol. The van der Waals surface area contributed by atoms with E-state index in [0.717, 1.165) is 12.8 Å². The summed E-state index contributed by atoms with van der Waals surface area (Å²) in [6.45, 7) is 0.662. The van der Waals surface area contributed by atoms with E-state index in [4.69, 9.17) is 5.73 Å². The van der Waals surface area contributed by atoms with Crippen LogP contribution in [0.5, 0.6) is 0 Å². The van der Waals surface area contributed by atoms with Gasteiger partial charge in [0.15, 0.2) is 5.96 Å². The van der Waals surface area contributed by atoms with Crippen LogP contribution in [0, 0.1) is 5.41 Å². The van der Waals surface area contributed by atoms with Gasteiger partial charge in [-0.3, -0.25) is 4.99 Å². The summed E-state index contributed by atoms with van der Waals surface area (Å²) in [6.07, 6.45) is 3.57. The van der Waals surface area contributed by atoms with Crippen LogP contribution >= 0.6 is 0 Å². The van der Waals surface area contributed by atoms with E-state index in [1.807, 2.05) is 24.3 Å². The molecule has 3 rings (SSSR count). The Morgan fingerprint density at radius 1 is 1.22 bits per heavy atom. The summed E-state index contributed by atoms with van der Waals surface area (Å²) in [7, 11) is 0. The SMILES string of the molecule is NC(=NCC1(CO)CC(c2ccccc2)C1)Nc1ccccn1. The van der Waals surface area contributed by atoms with Crippen molar-refractivity contribution in [2.45, 2.75) is 18.8 Å². The Morgan fingerprint density at radius 3 is 2.61 bits per heavy atom. The highest BCUT2D eigenvalue weighted by Gasteiger charge is 2.44. The van der Waals surface area contributed by atoms with Crippen molar-refractivity contribution in [1.82, 2.24) is 4.98 Å². The minimum atomic E-state index is -0.156. The van der Waals surface area contributed by atoms with Gasteiger partial charge in [-0.15, -0.1) is 0 Å². The van der Waals surface area contributed by atoms with Crippen molar-refractivity contribution in [2.24, 2.45) is 16.1 Å². The number of hydrogen-bond acceptors (Lipinski definition) is 3. The number of nitrogens with one attached hydrogen (secondary N) is 1. The minimum absolute atomic E-state index is 0.136. The number of rotatable bonds is 5. The van der Waals surface area contributed by atoms with Crippen LogP contribution in [0.25, 0.3) is 0 Å². The second-order valence-corrected chi connectivity index (χ2v) is 6.22. The maximum Gasteiger partial charge on any atom is 0.194 e. The molecule has 4 N–H and O–H groups in total. The number of benzene rings is 1. The molecule has 0 radical (unpaired) electrons. The maximum atomic E-state index is 9.76. The zero-order valence-corrected chi connectivity index (χ0v) is 13.0. The number of nitrogens with two attached hydrogens (primary N) is 1. The fraction of sp³-hybridized carbons (Fsp3) is 0.333. The van der Waals surface area contributed by atoms with E-state index >= 15 is 0 Å². The van der Waals surface area contributed by atoms with Crippen molar-refractivity contribution < 1.29 is 5.11 Å². The van der Waals surface area contributed by atoms with Crippen LogP contribution in [0.15, 0.2) is 59.7 Å². The van der Waals surface area contributed by atoms with E-state index in [-0.39, 0.29) is 12.0 Å². The molecule has 1 fully saturated rings. The first-order valence-electron chi connectivity index (χ1n) is 7.85. The van der Waals surface area contributed by atoms with E-state index in [9.17, 15) is 5.11 Å². The average Bonchev–Trinajstić information content (AvgIpc) is 2.56. The Morgan fingerprint density at radius 2 is 1.96 bits per heavy atom. The highest BCUT2D eigenvalue weighted by atomic mass is 16.3. The molecule has 1 aromatic heterocycles. The quantitative estimate of drug-likeness (QED) is 0.585. The van der Waals surface area contributed by atoms with Gasteiger partial charge in [-0.25, -0.2) is 4.98 Å². The lowest BCUT2D eigenvalue weighted by Crippen LogP contribution is -2.42. The third-order valence-corrected chi connectivity index (χ3v) is 4.47. The zero-order valence-electron chi connectivity index (χ0n) is 13.0. The second kappa shape index (κ2) is 6.79. The third kappa shape index (κ3) is 3.68. The van der Waals surface area contributed by atoms with Gasteiger partial charge in [0.1, 0.15) is 5.82 Å². The molecule has 0 bridgehead atoms. The molecular formula is C18H22N4O. The summed E-state index contributed by atoms with van der Waals surface area (Å²) in [5.74, 6) is 1.51. The normalized spacial score (nSPS) is 24.0. The van der Waals surface area contributed by atoms with Gasteiger partial charge in [-0.2, -0.15) is 0 Å². The molecule has 0 amide bonds. The molecule has 1 aliphatic carbocycles. The molecule has 5 heteroatoms. The topological polar surface area (TPSA) is 83.5 Å². The van der Waals surface area contributed by atoms with Crippen LogP contribution in [0.1, 0.15) is 24.3 Å². The van der Waals surface area contributed by atoms with Gasteiger partial charge < -0.3 is 16.2 Å². The highest BCUT2D eigenvalue weighted by molar-refractivity contribution is 5.91. The number of nitrogens with zero attached hydrogens (tertiary/aromatic N) is 2. The maximum absolute atomic E-state index is 9.76. The predicted octanol–water partition coefficient (Wildman–Crippen LogP) is 2.36. The number of hydrogen-bond donors (Lipinski definition) is 3. The summed E-state index contributed by atoms with van der Waals surface area (Å²) in [6, 6.07) is 16.0. The highest BCUT2D eigenvalue weighted by Crippen LogP contribution is 2.50. The first-order valence-corrected chi connectivity index (χ1v) is 7.85. The van der Waals surface area contributed by atoms with Crippen molar-refractivity contribution in [3.63, 3.8) is 0 Å². The van der Waals surface area contributed by atoms with Crippen molar-refractivity contribution >= 4 is 11.8 Å². The van der Waals surface area contributed by atoms with Gasteiger partial charge in [-0.05, 0) is 36.5 Å². The van der Waals surface area contributed by atoms with Crippen molar-refractivity contribution in [1.29, 1.82) is 0 Å². The molecule has 1 aromatic carbocycles. The summed E-state index contributed by atoms with van der Waals surface area (Å²) in [4.78, 5) is 8.54. The third-order valence-electron chi connectivity index (χ3n) is 4.47. The number of aliphatic hydroxyl groups is 1. The molecule has 23 heavy (non-hydrogen) atoms. The summed E-state index contributed by atoms with van der Waals surface area (Å²) in [5, 5.41) is 12.7. The van der Waals surface area contributed by atoms with E-state index in [1.54, 1.807) is 6.20 Å². The van der Waals surface area contributed by atoms with Crippen LogP contribution < -0.4 is 11.1 Å². The molecule has 0 spiro atoms. The molecule has 1 saturated carbocycles. The molecule has 1 heterocycles. The predicted molar refractivity (Wildman–Crippen MR) is 92.3 cm³/mol. The monoisotopic (exact) mass is 310 g/mol. The standard InChI is InChI=1S/C18H22N4O/c19-17(22-16-8-4-5-9-20-16)21-12-18(13-23)10-15(11-18)14-6-2-1-3-7-14/h1-9,15,23H,10-13H2,(H3,19,20,21,22). The number of pyridine rings is 1. The molecule has 1 aliphatic rings. The number of anilines is 1.